The van der Waals surface area contributed by atoms with Gasteiger partial charge in [0, 0.05) is 24.2 Å². The third-order valence-electron chi connectivity index (χ3n) is 4.87. The molecule has 0 radical (unpaired) electrons. The molecule has 0 bridgehead atoms. The molecule has 1 aromatic heterocycles. The van der Waals surface area contributed by atoms with Crippen LogP contribution in [0, 0.1) is 20.8 Å². The van der Waals surface area contributed by atoms with Crippen molar-refractivity contribution in [3.8, 4) is 5.75 Å². The number of methoxy groups -OCH3 is 1. The number of ether oxygens (including phenoxy) is 1. The van der Waals surface area contributed by atoms with E-state index in [2.05, 4.69) is 56.2 Å². The molecular weight excluding hydrogens is 372 g/mol. The Hall–Kier alpha value is -3.40. The van der Waals surface area contributed by atoms with Gasteiger partial charge in [0.05, 0.1) is 7.11 Å². The number of nitrogens with zero attached hydrogens (tertiary/aromatic N) is 1. The first-order valence-electron chi connectivity index (χ1n) is 9.89. The molecule has 1 N–H and O–H groups in total. The number of benzene rings is 1. The molecule has 156 valence electrons. The van der Waals surface area contributed by atoms with Gasteiger partial charge in [0.2, 0.25) is 5.91 Å². The molecule has 2 rings (SSSR count). The quantitative estimate of drug-likeness (QED) is 0.449. The van der Waals surface area contributed by atoms with E-state index in [-0.39, 0.29) is 5.91 Å². The van der Waals surface area contributed by atoms with Crippen molar-refractivity contribution >= 4 is 17.7 Å². The van der Waals surface area contributed by atoms with Crippen LogP contribution in [-0.2, 0) is 4.79 Å². The predicted molar refractivity (Wildman–Crippen MR) is 126 cm³/mol. The maximum absolute atomic E-state index is 12.0. The maximum Gasteiger partial charge on any atom is 0.248 e. The molecular formula is C26H30N2O2. The van der Waals surface area contributed by atoms with E-state index in [1.165, 1.54) is 16.7 Å². The first kappa shape index (κ1) is 22.9. The number of pyridine rings is 1. The molecule has 4 nitrogen and oxygen atoms in total. The van der Waals surface area contributed by atoms with E-state index in [0.29, 0.717) is 0 Å². The summed E-state index contributed by atoms with van der Waals surface area (Å²) in [6.07, 6.45) is 15.0. The molecule has 0 fully saturated rings. The highest BCUT2D eigenvalue weighted by Gasteiger charge is 2.08. The van der Waals surface area contributed by atoms with Crippen molar-refractivity contribution in [1.82, 2.24) is 4.98 Å². The fraction of sp³-hybridized carbons (Fsp3) is 0.231. The summed E-state index contributed by atoms with van der Waals surface area (Å²) >= 11 is 0. The Labute approximate surface area is 179 Å². The van der Waals surface area contributed by atoms with E-state index >= 15 is 0 Å². The second kappa shape index (κ2) is 11.0. The first-order chi connectivity index (χ1) is 14.3. The second-order valence-electron chi connectivity index (χ2n) is 7.28. The van der Waals surface area contributed by atoms with E-state index in [9.17, 15) is 4.79 Å². The van der Waals surface area contributed by atoms with Gasteiger partial charge in [-0.1, -0.05) is 36.0 Å². The van der Waals surface area contributed by atoms with Crippen LogP contribution in [0.1, 0.15) is 36.1 Å². The molecule has 2 aromatic rings. The van der Waals surface area contributed by atoms with Crippen molar-refractivity contribution in [2.75, 3.05) is 12.4 Å². The summed E-state index contributed by atoms with van der Waals surface area (Å²) in [5.74, 6) is 0.761. The lowest BCUT2D eigenvalue weighted by atomic mass is 9.96. The Morgan fingerprint density at radius 1 is 1.03 bits per heavy atom. The largest absolute Gasteiger partial charge is 0.496 e. The van der Waals surface area contributed by atoms with Crippen LogP contribution in [0.5, 0.6) is 5.75 Å². The van der Waals surface area contributed by atoms with Gasteiger partial charge >= 0.3 is 0 Å². The summed E-state index contributed by atoms with van der Waals surface area (Å²) < 4.78 is 5.44. The molecule has 1 aromatic carbocycles. The predicted octanol–water partition coefficient (Wildman–Crippen LogP) is 6.12. The molecule has 0 aliphatic heterocycles. The van der Waals surface area contributed by atoms with Gasteiger partial charge in [-0.3, -0.25) is 9.78 Å². The number of hydrogen-bond acceptors (Lipinski definition) is 3. The number of aromatic nitrogens is 1. The Morgan fingerprint density at radius 2 is 1.73 bits per heavy atom. The fourth-order valence-electron chi connectivity index (χ4n) is 3.02. The maximum atomic E-state index is 12.0. The lowest BCUT2D eigenvalue weighted by Crippen LogP contribution is -2.08. The van der Waals surface area contributed by atoms with Crippen LogP contribution in [0.15, 0.2) is 72.1 Å². The monoisotopic (exact) mass is 402 g/mol. The highest BCUT2D eigenvalue weighted by atomic mass is 16.5. The zero-order valence-electron chi connectivity index (χ0n) is 18.6. The Kier molecular flexibility index (Phi) is 8.36. The molecule has 0 saturated heterocycles. The standard InChI is InChI=1S/C26H30N2O2/c1-18(10-11-24-20(3)17-25(30-6)22(5)21(24)4)8-7-9-19(2)16-26(29)28-23-12-14-27-15-13-23/h7-17H,1-6H3,(H,27,28,29)/b9-7+,11-10+,18-8+,19-16+. The van der Waals surface area contributed by atoms with E-state index in [0.717, 1.165) is 28.1 Å². The SMILES string of the molecule is COc1cc(C)c(/C=C/C(C)=C/C=C/C(C)=C/C(=O)Nc2ccncc2)c(C)c1C. The molecule has 0 saturated carbocycles. The zero-order chi connectivity index (χ0) is 22.1. The number of aryl methyl sites for hydroxylation is 1. The molecule has 30 heavy (non-hydrogen) atoms. The molecule has 0 aliphatic carbocycles. The third kappa shape index (κ3) is 6.59. The van der Waals surface area contributed by atoms with Crippen molar-refractivity contribution in [3.63, 3.8) is 0 Å². The number of hydrogen-bond donors (Lipinski definition) is 1. The Morgan fingerprint density at radius 3 is 2.40 bits per heavy atom. The van der Waals surface area contributed by atoms with Gasteiger partial charge in [0.15, 0.2) is 0 Å². The number of anilines is 1. The smallest absolute Gasteiger partial charge is 0.248 e. The molecule has 0 atom stereocenters. The van der Waals surface area contributed by atoms with Gasteiger partial charge in [0.1, 0.15) is 5.75 Å². The van der Waals surface area contributed by atoms with Crippen LogP contribution in [0.25, 0.3) is 6.08 Å². The van der Waals surface area contributed by atoms with Crippen molar-refractivity contribution in [1.29, 1.82) is 0 Å². The van der Waals surface area contributed by atoms with Crippen LogP contribution in [0.3, 0.4) is 0 Å². The number of allylic oxidation sites excluding steroid dienone is 6. The van der Waals surface area contributed by atoms with Gasteiger partial charge in [-0.05, 0) is 80.6 Å². The number of amides is 1. The lowest BCUT2D eigenvalue weighted by molar-refractivity contribution is -0.111. The van der Waals surface area contributed by atoms with Crippen LogP contribution >= 0.6 is 0 Å². The molecule has 0 aliphatic rings. The van der Waals surface area contributed by atoms with Crippen LogP contribution in [0.2, 0.25) is 0 Å². The van der Waals surface area contributed by atoms with Gasteiger partial charge in [-0.25, -0.2) is 0 Å². The topological polar surface area (TPSA) is 51.2 Å². The fourth-order valence-corrected chi connectivity index (χ4v) is 3.02. The third-order valence-corrected chi connectivity index (χ3v) is 4.87. The summed E-state index contributed by atoms with van der Waals surface area (Å²) in [7, 11) is 1.70. The van der Waals surface area contributed by atoms with Crippen molar-refractivity contribution < 1.29 is 9.53 Å². The first-order valence-corrected chi connectivity index (χ1v) is 9.89. The summed E-state index contributed by atoms with van der Waals surface area (Å²) in [5, 5.41) is 2.81. The van der Waals surface area contributed by atoms with E-state index in [4.69, 9.17) is 4.74 Å². The minimum atomic E-state index is -0.162. The van der Waals surface area contributed by atoms with Gasteiger partial charge in [-0.15, -0.1) is 0 Å². The van der Waals surface area contributed by atoms with E-state index in [1.54, 1.807) is 37.7 Å². The second-order valence-corrected chi connectivity index (χ2v) is 7.28. The Balaban J connectivity index is 2.03. The van der Waals surface area contributed by atoms with Gasteiger partial charge < -0.3 is 10.1 Å². The van der Waals surface area contributed by atoms with Crippen LogP contribution in [-0.4, -0.2) is 18.0 Å². The summed E-state index contributed by atoms with van der Waals surface area (Å²) in [5.41, 5.74) is 7.51. The van der Waals surface area contributed by atoms with E-state index < -0.39 is 0 Å². The molecule has 0 unspecified atom stereocenters. The average molecular weight is 403 g/mol. The van der Waals surface area contributed by atoms with Crippen LogP contribution in [0.4, 0.5) is 5.69 Å². The van der Waals surface area contributed by atoms with Crippen molar-refractivity contribution in [2.24, 2.45) is 0 Å². The molecule has 4 heteroatoms. The summed E-state index contributed by atoms with van der Waals surface area (Å²) in [6.45, 7) is 10.2. The minimum Gasteiger partial charge on any atom is -0.496 e. The van der Waals surface area contributed by atoms with Gasteiger partial charge in [0.25, 0.3) is 0 Å². The lowest BCUT2D eigenvalue weighted by Gasteiger charge is -2.13. The van der Waals surface area contributed by atoms with Crippen molar-refractivity contribution in [2.45, 2.75) is 34.6 Å². The number of nitrogens with one attached hydrogen (secondary N) is 1. The highest BCUT2D eigenvalue weighted by molar-refractivity contribution is 5.99. The molecule has 0 spiro atoms. The minimum absolute atomic E-state index is 0.162. The van der Waals surface area contributed by atoms with E-state index in [1.807, 2.05) is 25.2 Å². The average Bonchev–Trinajstić information content (AvgIpc) is 2.71. The normalized spacial score (nSPS) is 12.6. The number of rotatable bonds is 7. The zero-order valence-corrected chi connectivity index (χ0v) is 18.6. The molecule has 1 amide bonds. The van der Waals surface area contributed by atoms with Crippen molar-refractivity contribution in [3.05, 3.63) is 94.4 Å². The highest BCUT2D eigenvalue weighted by Crippen LogP contribution is 2.28. The summed E-state index contributed by atoms with van der Waals surface area (Å²) in [4.78, 5) is 16.0. The number of carbonyl (C=O) groups excluding carboxylic acids is 1. The summed E-state index contributed by atoms with van der Waals surface area (Å²) in [6, 6.07) is 5.58. The number of carbonyl (C=O) groups is 1. The Bertz CT molecular complexity index is 1010. The molecule has 1 heterocycles. The van der Waals surface area contributed by atoms with Gasteiger partial charge in [-0.2, -0.15) is 0 Å². The van der Waals surface area contributed by atoms with Crippen LogP contribution < -0.4 is 10.1 Å².